The summed E-state index contributed by atoms with van der Waals surface area (Å²) in [6, 6.07) is 0. The van der Waals surface area contributed by atoms with Crippen molar-refractivity contribution in [3.63, 3.8) is 0 Å². The molecule has 0 spiro atoms. The van der Waals surface area contributed by atoms with Crippen LogP contribution in [0.3, 0.4) is 0 Å². The van der Waals surface area contributed by atoms with Crippen LogP contribution in [-0.2, 0) is 9.53 Å². The third-order valence-electron chi connectivity index (χ3n) is 6.58. The van der Waals surface area contributed by atoms with Crippen molar-refractivity contribution in [2.24, 2.45) is 17.8 Å². The molecule has 3 unspecified atom stereocenters. The second-order valence-electron chi connectivity index (χ2n) is 9.23. The molecule has 0 aromatic carbocycles. The molecule has 2 aliphatic carbocycles. The summed E-state index contributed by atoms with van der Waals surface area (Å²) in [6.07, 6.45) is 3.10. The van der Waals surface area contributed by atoms with Crippen LogP contribution in [0.5, 0.6) is 0 Å². The fourth-order valence-corrected chi connectivity index (χ4v) is 4.40. The first-order valence-electron chi connectivity index (χ1n) is 11.1. The van der Waals surface area contributed by atoms with E-state index in [0.29, 0.717) is 13.1 Å². The highest BCUT2D eigenvalue weighted by Gasteiger charge is 2.42. The maximum absolute atomic E-state index is 12.9. The van der Waals surface area contributed by atoms with Gasteiger partial charge in [0.2, 0.25) is 5.91 Å². The van der Waals surface area contributed by atoms with Crippen molar-refractivity contribution >= 4 is 5.91 Å². The highest BCUT2D eigenvalue weighted by molar-refractivity contribution is 5.80. The monoisotopic (exact) mass is 433 g/mol. The molecule has 2 saturated carbocycles. The third kappa shape index (κ3) is 8.10. The average Bonchev–Trinajstić information content (AvgIpc) is 3.40. The molecule has 0 aliphatic heterocycles. The number of carbonyl (C=O) groups is 1. The standard InChI is InChI=1S/C22H38F3N3O2/c1-16(15-28(13-12-26-4)17(2)9-14-30-22(23,24)25)18-7-5-6-8-19(18)20(29)27-21(3)10-11-21/h9,16,18-19,26H,5-8,10-15H2,1-4H3,(H,27,29)/b17-9+. The molecule has 2 fully saturated rings. The van der Waals surface area contributed by atoms with Crippen LogP contribution in [0.2, 0.25) is 0 Å². The number of amides is 1. The van der Waals surface area contributed by atoms with Gasteiger partial charge in [0.25, 0.3) is 0 Å². The van der Waals surface area contributed by atoms with Gasteiger partial charge in [0.1, 0.15) is 0 Å². The first-order valence-corrected chi connectivity index (χ1v) is 11.1. The van der Waals surface area contributed by atoms with Crippen LogP contribution < -0.4 is 10.6 Å². The summed E-state index contributed by atoms with van der Waals surface area (Å²) in [5.74, 6) is 0.753. The molecule has 0 aromatic heterocycles. The van der Waals surface area contributed by atoms with Crippen molar-refractivity contribution < 1.29 is 22.7 Å². The highest BCUT2D eigenvalue weighted by Crippen LogP contribution is 2.39. The Morgan fingerprint density at radius 3 is 2.57 bits per heavy atom. The SMILES string of the molecule is CNCCN(CC(C)C1CCCCC1C(=O)NC1(C)CC1)/C(C)=C/COC(F)(F)F. The van der Waals surface area contributed by atoms with E-state index in [1.807, 2.05) is 14.0 Å². The number of likely N-dealkylation sites (N-methyl/N-ethyl adjacent to an activating group) is 1. The molecule has 0 radical (unpaired) electrons. The summed E-state index contributed by atoms with van der Waals surface area (Å²) in [7, 11) is 1.85. The highest BCUT2D eigenvalue weighted by atomic mass is 19.4. The van der Waals surface area contributed by atoms with Gasteiger partial charge >= 0.3 is 6.36 Å². The van der Waals surface area contributed by atoms with E-state index in [0.717, 1.165) is 50.8 Å². The minimum Gasteiger partial charge on any atom is -0.374 e. The van der Waals surface area contributed by atoms with E-state index in [9.17, 15) is 18.0 Å². The second kappa shape index (κ2) is 10.8. The maximum atomic E-state index is 12.9. The van der Waals surface area contributed by atoms with E-state index in [1.165, 1.54) is 6.08 Å². The summed E-state index contributed by atoms with van der Waals surface area (Å²) in [6.45, 7) is 7.72. The number of halogens is 3. The molecular formula is C22H38F3N3O2. The molecule has 2 N–H and O–H groups in total. The molecule has 3 atom stereocenters. The van der Waals surface area contributed by atoms with Crippen LogP contribution in [0.4, 0.5) is 13.2 Å². The summed E-state index contributed by atoms with van der Waals surface area (Å²) in [5, 5.41) is 6.34. The minimum absolute atomic E-state index is 0.0149. The van der Waals surface area contributed by atoms with Crippen LogP contribution in [-0.4, -0.2) is 56.0 Å². The number of nitrogens with zero attached hydrogens (tertiary/aromatic N) is 1. The Labute approximate surface area is 178 Å². The van der Waals surface area contributed by atoms with Gasteiger partial charge in [0.05, 0.1) is 6.61 Å². The smallest absolute Gasteiger partial charge is 0.374 e. The fourth-order valence-electron chi connectivity index (χ4n) is 4.40. The molecule has 174 valence electrons. The van der Waals surface area contributed by atoms with E-state index in [2.05, 4.69) is 34.1 Å². The van der Waals surface area contributed by atoms with Gasteiger partial charge < -0.3 is 15.5 Å². The number of ether oxygens (including phenoxy) is 1. The quantitative estimate of drug-likeness (QED) is 0.516. The van der Waals surface area contributed by atoms with Crippen molar-refractivity contribution in [1.29, 1.82) is 0 Å². The molecule has 1 amide bonds. The van der Waals surface area contributed by atoms with Crippen molar-refractivity contribution in [2.75, 3.05) is 33.3 Å². The van der Waals surface area contributed by atoms with Crippen molar-refractivity contribution in [1.82, 2.24) is 15.5 Å². The van der Waals surface area contributed by atoms with Crippen LogP contribution >= 0.6 is 0 Å². The lowest BCUT2D eigenvalue weighted by Gasteiger charge is -2.38. The third-order valence-corrected chi connectivity index (χ3v) is 6.58. The van der Waals surface area contributed by atoms with Gasteiger partial charge in [-0.25, -0.2) is 0 Å². The normalized spacial score (nSPS) is 25.0. The van der Waals surface area contributed by atoms with Crippen molar-refractivity contribution in [2.45, 2.75) is 71.2 Å². The van der Waals surface area contributed by atoms with Crippen LogP contribution in [0.25, 0.3) is 0 Å². The largest absolute Gasteiger partial charge is 0.522 e. The number of hydrogen-bond acceptors (Lipinski definition) is 4. The van der Waals surface area contributed by atoms with Gasteiger partial charge in [-0.2, -0.15) is 0 Å². The van der Waals surface area contributed by atoms with Crippen molar-refractivity contribution in [3.05, 3.63) is 11.8 Å². The van der Waals surface area contributed by atoms with Crippen LogP contribution in [0.15, 0.2) is 11.8 Å². The Bertz CT molecular complexity index is 591. The van der Waals surface area contributed by atoms with Crippen LogP contribution in [0, 0.1) is 17.8 Å². The Kier molecular flexibility index (Phi) is 9.03. The fraction of sp³-hybridized carbons (Fsp3) is 0.864. The molecule has 2 rings (SSSR count). The molecular weight excluding hydrogens is 395 g/mol. The Hall–Kier alpha value is -1.28. The molecule has 0 saturated heterocycles. The van der Waals surface area contributed by atoms with E-state index in [-0.39, 0.29) is 29.2 Å². The first kappa shape index (κ1) is 25.0. The van der Waals surface area contributed by atoms with Gasteiger partial charge in [-0.05, 0) is 64.5 Å². The van der Waals surface area contributed by atoms with Crippen molar-refractivity contribution in [3.8, 4) is 0 Å². The molecule has 8 heteroatoms. The van der Waals surface area contributed by atoms with Gasteiger partial charge in [-0.1, -0.05) is 19.8 Å². The topological polar surface area (TPSA) is 53.6 Å². The Balaban J connectivity index is 2.01. The van der Waals surface area contributed by atoms with E-state index in [1.54, 1.807) is 0 Å². The predicted molar refractivity (Wildman–Crippen MR) is 112 cm³/mol. The number of hydrogen-bond donors (Lipinski definition) is 2. The average molecular weight is 434 g/mol. The lowest BCUT2D eigenvalue weighted by atomic mass is 9.72. The zero-order chi connectivity index (χ0) is 22.4. The van der Waals surface area contributed by atoms with Gasteiger partial charge in [0, 0.05) is 36.8 Å². The summed E-state index contributed by atoms with van der Waals surface area (Å²) >= 11 is 0. The summed E-state index contributed by atoms with van der Waals surface area (Å²) < 4.78 is 40.8. The minimum atomic E-state index is -4.62. The summed E-state index contributed by atoms with van der Waals surface area (Å²) in [4.78, 5) is 15.0. The maximum Gasteiger partial charge on any atom is 0.522 e. The van der Waals surface area contributed by atoms with E-state index < -0.39 is 13.0 Å². The number of carbonyl (C=O) groups excluding carboxylic acids is 1. The Morgan fingerprint density at radius 1 is 1.30 bits per heavy atom. The first-order chi connectivity index (χ1) is 14.0. The molecule has 2 aliphatic rings. The van der Waals surface area contributed by atoms with Gasteiger partial charge in [0.15, 0.2) is 0 Å². The van der Waals surface area contributed by atoms with Gasteiger partial charge in [-0.15, -0.1) is 13.2 Å². The van der Waals surface area contributed by atoms with Gasteiger partial charge in [-0.3, -0.25) is 9.53 Å². The van der Waals surface area contributed by atoms with Crippen LogP contribution in [0.1, 0.15) is 59.3 Å². The number of rotatable bonds is 11. The summed E-state index contributed by atoms with van der Waals surface area (Å²) in [5.41, 5.74) is 0.752. The van der Waals surface area contributed by atoms with E-state index >= 15 is 0 Å². The lowest BCUT2D eigenvalue weighted by molar-refractivity contribution is -0.319. The zero-order valence-electron chi connectivity index (χ0n) is 18.8. The molecule has 30 heavy (non-hydrogen) atoms. The van der Waals surface area contributed by atoms with E-state index in [4.69, 9.17) is 0 Å². The number of allylic oxidation sites excluding steroid dienone is 1. The number of alkyl halides is 3. The molecule has 0 bridgehead atoms. The lowest BCUT2D eigenvalue weighted by Crippen LogP contribution is -2.45. The zero-order valence-corrected chi connectivity index (χ0v) is 18.8. The molecule has 0 heterocycles. The second-order valence-corrected chi connectivity index (χ2v) is 9.23. The number of nitrogens with one attached hydrogen (secondary N) is 2. The Morgan fingerprint density at radius 2 is 1.97 bits per heavy atom. The molecule has 5 nitrogen and oxygen atoms in total. The molecule has 0 aromatic rings. The predicted octanol–water partition coefficient (Wildman–Crippen LogP) is 4.06.